The average Bonchev–Trinajstić information content (AvgIpc) is 2.94. The van der Waals surface area contributed by atoms with Crippen LogP contribution in [0.5, 0.6) is 0 Å². The Morgan fingerprint density at radius 2 is 1.67 bits per heavy atom. The third kappa shape index (κ3) is 8.56. The van der Waals surface area contributed by atoms with Gasteiger partial charge in [-0.1, -0.05) is 5.22 Å². The molecule has 0 saturated heterocycles. The average molecular weight is 304 g/mol. The second kappa shape index (κ2) is 11.4. The van der Waals surface area contributed by atoms with E-state index in [1.807, 2.05) is 0 Å². The maximum atomic E-state index is 10.9. The number of amides is 1. The quantitative estimate of drug-likeness (QED) is 0.447. The molecule has 9 heteroatoms. The molecule has 21 heavy (non-hydrogen) atoms. The molecule has 1 heterocycles. The minimum atomic E-state index is -0.536. The highest BCUT2D eigenvalue weighted by Gasteiger charge is 2.23. The van der Waals surface area contributed by atoms with E-state index in [-0.39, 0.29) is 0 Å². The van der Waals surface area contributed by atoms with Gasteiger partial charge in [-0.25, -0.2) is 0 Å². The molecule has 0 aliphatic carbocycles. The van der Waals surface area contributed by atoms with Crippen LogP contribution in [0.4, 0.5) is 0 Å². The zero-order chi connectivity index (χ0) is 15.3. The SMILES string of the molecule is COCCOCCOCCOCCN1CC(C(N)=O)N=N1. The molecule has 0 fully saturated rings. The number of rotatable bonds is 13. The van der Waals surface area contributed by atoms with Crippen molar-refractivity contribution in [3.63, 3.8) is 0 Å². The number of carbonyl (C=O) groups is 1. The van der Waals surface area contributed by atoms with Gasteiger partial charge < -0.3 is 24.7 Å². The van der Waals surface area contributed by atoms with E-state index in [4.69, 9.17) is 24.7 Å². The van der Waals surface area contributed by atoms with Crippen molar-refractivity contribution in [2.24, 2.45) is 16.1 Å². The first-order valence-electron chi connectivity index (χ1n) is 6.91. The Hall–Kier alpha value is -1.29. The van der Waals surface area contributed by atoms with Gasteiger partial charge in [0, 0.05) is 7.11 Å². The molecule has 2 N–H and O–H groups in total. The van der Waals surface area contributed by atoms with E-state index in [0.29, 0.717) is 59.3 Å². The molecule has 0 aromatic heterocycles. The van der Waals surface area contributed by atoms with Gasteiger partial charge in [0.05, 0.1) is 59.3 Å². The van der Waals surface area contributed by atoms with E-state index in [2.05, 4.69) is 10.3 Å². The van der Waals surface area contributed by atoms with Crippen molar-refractivity contribution < 1.29 is 23.7 Å². The summed E-state index contributed by atoms with van der Waals surface area (Å²) in [7, 11) is 1.63. The van der Waals surface area contributed by atoms with Crippen molar-refractivity contribution in [2.45, 2.75) is 6.04 Å². The lowest BCUT2D eigenvalue weighted by molar-refractivity contribution is -0.119. The molecule has 0 saturated carbocycles. The summed E-state index contributed by atoms with van der Waals surface area (Å²) in [6.45, 7) is 4.77. The van der Waals surface area contributed by atoms with Crippen molar-refractivity contribution in [3.8, 4) is 0 Å². The Balaban J connectivity index is 1.81. The molecule has 0 aromatic carbocycles. The standard InChI is InChI=1S/C12H24N4O5/c1-18-4-5-20-8-9-21-7-6-19-3-2-16-10-11(12(13)17)14-15-16/h11H,2-10H2,1H3,(H2,13,17). The third-order valence-corrected chi connectivity index (χ3v) is 2.70. The lowest BCUT2D eigenvalue weighted by atomic mass is 10.3. The van der Waals surface area contributed by atoms with Gasteiger partial charge in [0.1, 0.15) is 0 Å². The first kappa shape index (κ1) is 17.8. The molecule has 0 bridgehead atoms. The monoisotopic (exact) mass is 304 g/mol. The van der Waals surface area contributed by atoms with E-state index in [1.54, 1.807) is 12.1 Å². The van der Waals surface area contributed by atoms with Crippen LogP contribution in [0.3, 0.4) is 0 Å². The van der Waals surface area contributed by atoms with Gasteiger partial charge in [-0.15, -0.1) is 0 Å². The maximum Gasteiger partial charge on any atom is 0.246 e. The van der Waals surface area contributed by atoms with Crippen LogP contribution in [-0.4, -0.2) is 83.4 Å². The number of nitrogens with zero attached hydrogens (tertiary/aromatic N) is 3. The molecule has 0 aromatic rings. The van der Waals surface area contributed by atoms with Crippen molar-refractivity contribution in [1.29, 1.82) is 0 Å². The van der Waals surface area contributed by atoms with Gasteiger partial charge in [0.2, 0.25) is 5.91 Å². The minimum absolute atomic E-state index is 0.425. The predicted octanol–water partition coefficient (Wildman–Crippen LogP) is -0.781. The molecule has 1 atom stereocenters. The van der Waals surface area contributed by atoms with Crippen LogP contribution in [0.15, 0.2) is 10.3 Å². The summed E-state index contributed by atoms with van der Waals surface area (Å²) >= 11 is 0. The smallest absolute Gasteiger partial charge is 0.246 e. The van der Waals surface area contributed by atoms with Crippen LogP contribution >= 0.6 is 0 Å². The topological polar surface area (TPSA) is 108 Å². The molecule has 0 spiro atoms. The number of methoxy groups -OCH3 is 1. The molecule has 1 unspecified atom stereocenters. The van der Waals surface area contributed by atoms with Crippen molar-refractivity contribution in [3.05, 3.63) is 0 Å². The maximum absolute atomic E-state index is 10.9. The second-order valence-corrected chi connectivity index (χ2v) is 4.37. The highest BCUT2D eigenvalue weighted by Crippen LogP contribution is 2.07. The van der Waals surface area contributed by atoms with Crippen LogP contribution in [0.25, 0.3) is 0 Å². The molecular formula is C12H24N4O5. The molecule has 1 aliphatic rings. The number of hydrogen-bond acceptors (Lipinski definition) is 8. The molecule has 1 rings (SSSR count). The van der Waals surface area contributed by atoms with Crippen molar-refractivity contribution >= 4 is 5.91 Å². The normalized spacial score (nSPS) is 17.6. The number of carbonyl (C=O) groups excluding carboxylic acids is 1. The Morgan fingerprint density at radius 1 is 1.10 bits per heavy atom. The molecule has 122 valence electrons. The van der Waals surface area contributed by atoms with Crippen LogP contribution in [0, 0.1) is 0 Å². The van der Waals surface area contributed by atoms with Crippen molar-refractivity contribution in [2.75, 3.05) is 66.4 Å². The van der Waals surface area contributed by atoms with Gasteiger partial charge >= 0.3 is 0 Å². The molecule has 9 nitrogen and oxygen atoms in total. The lowest BCUT2D eigenvalue weighted by Gasteiger charge is -2.12. The first-order chi connectivity index (χ1) is 10.2. The molecule has 0 radical (unpaired) electrons. The van der Waals surface area contributed by atoms with E-state index in [1.165, 1.54) is 0 Å². The lowest BCUT2D eigenvalue weighted by Crippen LogP contribution is -2.33. The summed E-state index contributed by atoms with van der Waals surface area (Å²) in [5, 5.41) is 9.27. The Labute approximate surface area is 124 Å². The highest BCUT2D eigenvalue weighted by atomic mass is 16.6. The van der Waals surface area contributed by atoms with E-state index < -0.39 is 11.9 Å². The Kier molecular flexibility index (Phi) is 9.62. The summed E-state index contributed by atoms with van der Waals surface area (Å²) in [6.07, 6.45) is 0. The predicted molar refractivity (Wildman–Crippen MR) is 73.7 cm³/mol. The Bertz CT molecular complexity index is 316. The number of ether oxygens (including phenoxy) is 4. The summed E-state index contributed by atoms with van der Waals surface area (Å²) in [4.78, 5) is 10.9. The van der Waals surface area contributed by atoms with Gasteiger partial charge in [-0.2, -0.15) is 5.11 Å². The zero-order valence-corrected chi connectivity index (χ0v) is 12.4. The summed E-state index contributed by atoms with van der Waals surface area (Å²) < 4.78 is 20.8. The summed E-state index contributed by atoms with van der Waals surface area (Å²) in [5.41, 5.74) is 5.14. The van der Waals surface area contributed by atoms with E-state index >= 15 is 0 Å². The molecule has 1 aliphatic heterocycles. The third-order valence-electron chi connectivity index (χ3n) is 2.70. The second-order valence-electron chi connectivity index (χ2n) is 4.37. The number of nitrogens with two attached hydrogens (primary N) is 1. The van der Waals surface area contributed by atoms with Crippen LogP contribution < -0.4 is 5.73 Å². The number of primary amides is 1. The van der Waals surface area contributed by atoms with Gasteiger partial charge in [0.25, 0.3) is 0 Å². The summed E-state index contributed by atoms with van der Waals surface area (Å²) in [6, 6.07) is -0.536. The fourth-order valence-corrected chi connectivity index (χ4v) is 1.54. The minimum Gasteiger partial charge on any atom is -0.382 e. The highest BCUT2D eigenvalue weighted by molar-refractivity contribution is 5.80. The van der Waals surface area contributed by atoms with Gasteiger partial charge in [-0.3, -0.25) is 9.80 Å². The van der Waals surface area contributed by atoms with Crippen LogP contribution in [-0.2, 0) is 23.7 Å². The fourth-order valence-electron chi connectivity index (χ4n) is 1.54. The zero-order valence-electron chi connectivity index (χ0n) is 12.4. The largest absolute Gasteiger partial charge is 0.382 e. The van der Waals surface area contributed by atoms with Crippen molar-refractivity contribution in [1.82, 2.24) is 5.01 Å². The van der Waals surface area contributed by atoms with E-state index in [0.717, 1.165) is 0 Å². The van der Waals surface area contributed by atoms with E-state index in [9.17, 15) is 4.79 Å². The van der Waals surface area contributed by atoms with Gasteiger partial charge in [0.15, 0.2) is 6.04 Å². The molecule has 1 amide bonds. The number of hydrogen-bond donors (Lipinski definition) is 1. The molecular weight excluding hydrogens is 280 g/mol. The van der Waals surface area contributed by atoms with Crippen LogP contribution in [0.1, 0.15) is 0 Å². The Morgan fingerprint density at radius 3 is 2.19 bits per heavy atom. The van der Waals surface area contributed by atoms with Gasteiger partial charge in [-0.05, 0) is 0 Å². The fraction of sp³-hybridized carbons (Fsp3) is 0.917. The first-order valence-corrected chi connectivity index (χ1v) is 6.91. The van der Waals surface area contributed by atoms with Crippen LogP contribution in [0.2, 0.25) is 0 Å². The summed E-state index contributed by atoms with van der Waals surface area (Å²) in [5.74, 6) is -0.455.